The van der Waals surface area contributed by atoms with Gasteiger partial charge in [0.05, 0.1) is 0 Å². The molecule has 18 heavy (non-hydrogen) atoms. The van der Waals surface area contributed by atoms with E-state index in [9.17, 15) is 4.79 Å². The van der Waals surface area contributed by atoms with Gasteiger partial charge in [-0.1, -0.05) is 0 Å². The standard InChI is InChI=1S/C13H24N2O2.ClH/c1-4-17-9(2)13(16)15(3)12-7-10-5-6-11(8-12)14-10;/h9-12,14H,4-8H2,1-3H3;1H. The molecule has 0 saturated carbocycles. The first kappa shape index (κ1) is 15.7. The van der Waals surface area contributed by atoms with Crippen LogP contribution in [0.2, 0.25) is 0 Å². The number of nitrogens with zero attached hydrogens (tertiary/aromatic N) is 1. The number of likely N-dealkylation sites (N-methyl/N-ethyl adjacent to an activating group) is 1. The number of ether oxygens (including phenoxy) is 1. The van der Waals surface area contributed by atoms with Crippen molar-refractivity contribution in [3.05, 3.63) is 0 Å². The molecule has 1 amide bonds. The van der Waals surface area contributed by atoms with Crippen LogP contribution in [0.1, 0.15) is 39.5 Å². The number of hydrogen-bond acceptors (Lipinski definition) is 3. The van der Waals surface area contributed by atoms with E-state index in [1.165, 1.54) is 12.8 Å². The van der Waals surface area contributed by atoms with Crippen molar-refractivity contribution in [2.45, 2.75) is 63.8 Å². The van der Waals surface area contributed by atoms with Crippen LogP contribution in [0.4, 0.5) is 0 Å². The van der Waals surface area contributed by atoms with E-state index in [0.717, 1.165) is 12.8 Å². The van der Waals surface area contributed by atoms with Crippen LogP contribution in [0, 0.1) is 0 Å². The van der Waals surface area contributed by atoms with Crippen molar-refractivity contribution in [2.24, 2.45) is 0 Å². The number of amides is 1. The monoisotopic (exact) mass is 276 g/mol. The number of rotatable bonds is 4. The van der Waals surface area contributed by atoms with Crippen LogP contribution < -0.4 is 5.32 Å². The van der Waals surface area contributed by atoms with Crippen LogP contribution >= 0.6 is 12.4 Å². The van der Waals surface area contributed by atoms with Gasteiger partial charge in [-0.2, -0.15) is 0 Å². The zero-order valence-electron chi connectivity index (χ0n) is 11.5. The van der Waals surface area contributed by atoms with E-state index in [1.807, 2.05) is 25.8 Å². The summed E-state index contributed by atoms with van der Waals surface area (Å²) in [5, 5.41) is 3.60. The second-order valence-electron chi connectivity index (χ2n) is 5.31. The average molecular weight is 277 g/mol. The smallest absolute Gasteiger partial charge is 0.251 e. The number of nitrogens with one attached hydrogen (secondary N) is 1. The summed E-state index contributed by atoms with van der Waals surface area (Å²) < 4.78 is 5.38. The van der Waals surface area contributed by atoms with Crippen LogP contribution in [0.25, 0.3) is 0 Å². The maximum atomic E-state index is 12.1. The molecule has 2 aliphatic heterocycles. The molecule has 0 aliphatic carbocycles. The summed E-state index contributed by atoms with van der Waals surface area (Å²) in [5.41, 5.74) is 0. The van der Waals surface area contributed by atoms with Gasteiger partial charge in [0, 0.05) is 31.8 Å². The van der Waals surface area contributed by atoms with Crippen LogP contribution in [0.15, 0.2) is 0 Å². The number of fused-ring (bicyclic) bond motifs is 2. The molecule has 2 heterocycles. The van der Waals surface area contributed by atoms with Crippen molar-refractivity contribution in [3.63, 3.8) is 0 Å². The van der Waals surface area contributed by atoms with Gasteiger partial charge in [0.15, 0.2) is 0 Å². The van der Waals surface area contributed by atoms with Crippen molar-refractivity contribution in [3.8, 4) is 0 Å². The third-order valence-corrected chi connectivity index (χ3v) is 4.11. The zero-order chi connectivity index (χ0) is 12.4. The largest absolute Gasteiger partial charge is 0.369 e. The molecule has 3 atom stereocenters. The van der Waals surface area contributed by atoms with Gasteiger partial charge in [-0.05, 0) is 39.5 Å². The van der Waals surface area contributed by atoms with Crippen molar-refractivity contribution in [1.29, 1.82) is 0 Å². The summed E-state index contributed by atoms with van der Waals surface area (Å²) in [6, 6.07) is 1.64. The number of hydrogen-bond donors (Lipinski definition) is 1. The summed E-state index contributed by atoms with van der Waals surface area (Å²) >= 11 is 0. The third-order valence-electron chi connectivity index (χ3n) is 4.11. The maximum Gasteiger partial charge on any atom is 0.251 e. The van der Waals surface area contributed by atoms with E-state index in [1.54, 1.807) is 0 Å². The molecule has 2 rings (SSSR count). The number of carbonyl (C=O) groups is 1. The Balaban J connectivity index is 0.00000162. The van der Waals surface area contributed by atoms with Gasteiger partial charge in [0.25, 0.3) is 5.91 Å². The lowest BCUT2D eigenvalue weighted by Gasteiger charge is -2.36. The summed E-state index contributed by atoms with van der Waals surface area (Å²) in [7, 11) is 1.92. The Kier molecular flexibility index (Phi) is 5.89. The first-order chi connectivity index (χ1) is 8.11. The van der Waals surface area contributed by atoms with Crippen LogP contribution in [0.5, 0.6) is 0 Å². The van der Waals surface area contributed by atoms with Gasteiger partial charge in [-0.3, -0.25) is 4.79 Å². The maximum absolute atomic E-state index is 12.1. The second kappa shape index (κ2) is 6.73. The highest BCUT2D eigenvalue weighted by atomic mass is 35.5. The van der Waals surface area contributed by atoms with Crippen molar-refractivity contribution in [1.82, 2.24) is 10.2 Å². The molecule has 0 aromatic heterocycles. The Morgan fingerprint density at radius 3 is 2.44 bits per heavy atom. The summed E-state index contributed by atoms with van der Waals surface area (Å²) in [4.78, 5) is 14.1. The molecule has 0 aromatic carbocycles. The summed E-state index contributed by atoms with van der Waals surface area (Å²) in [6.45, 7) is 4.37. The molecule has 3 unspecified atom stereocenters. The zero-order valence-corrected chi connectivity index (χ0v) is 12.3. The fraction of sp³-hybridized carbons (Fsp3) is 0.923. The van der Waals surface area contributed by atoms with Crippen molar-refractivity contribution >= 4 is 18.3 Å². The molecule has 2 bridgehead atoms. The van der Waals surface area contributed by atoms with Crippen LogP contribution in [0.3, 0.4) is 0 Å². The molecule has 0 radical (unpaired) electrons. The molecule has 1 N–H and O–H groups in total. The Bertz CT molecular complexity index is 276. The normalized spacial score (nSPS) is 31.6. The highest BCUT2D eigenvalue weighted by Crippen LogP contribution is 2.29. The Hall–Kier alpha value is -0.320. The average Bonchev–Trinajstić information content (AvgIpc) is 2.66. The Morgan fingerprint density at radius 2 is 1.94 bits per heavy atom. The Morgan fingerprint density at radius 1 is 1.39 bits per heavy atom. The minimum absolute atomic E-state index is 0. The molecule has 0 spiro atoms. The molecular weight excluding hydrogens is 252 g/mol. The lowest BCUT2D eigenvalue weighted by molar-refractivity contribution is -0.143. The molecule has 106 valence electrons. The van der Waals surface area contributed by atoms with E-state index in [0.29, 0.717) is 24.7 Å². The molecule has 0 aromatic rings. The number of carbonyl (C=O) groups excluding carboxylic acids is 1. The fourth-order valence-corrected chi connectivity index (χ4v) is 3.13. The quantitative estimate of drug-likeness (QED) is 0.848. The minimum Gasteiger partial charge on any atom is -0.369 e. The van der Waals surface area contributed by atoms with Gasteiger partial charge in [-0.25, -0.2) is 0 Å². The van der Waals surface area contributed by atoms with Gasteiger partial charge in [0.1, 0.15) is 6.10 Å². The predicted octanol–water partition coefficient (Wildman–Crippen LogP) is 1.57. The first-order valence-electron chi connectivity index (χ1n) is 6.76. The molecule has 2 fully saturated rings. The third kappa shape index (κ3) is 3.37. The van der Waals surface area contributed by atoms with E-state index in [2.05, 4.69) is 5.32 Å². The fourth-order valence-electron chi connectivity index (χ4n) is 3.13. The SMILES string of the molecule is CCOC(C)C(=O)N(C)C1CC2CCC(C1)N2.Cl. The number of piperidine rings is 1. The molecule has 2 saturated heterocycles. The van der Waals surface area contributed by atoms with Crippen molar-refractivity contribution < 1.29 is 9.53 Å². The summed E-state index contributed by atoms with van der Waals surface area (Å²) in [6.07, 6.45) is 4.42. The Labute approximate surface area is 116 Å². The lowest BCUT2D eigenvalue weighted by atomic mass is 9.98. The van der Waals surface area contributed by atoms with E-state index in [4.69, 9.17) is 4.74 Å². The van der Waals surface area contributed by atoms with E-state index >= 15 is 0 Å². The van der Waals surface area contributed by atoms with E-state index < -0.39 is 0 Å². The number of halogens is 1. The molecule has 4 nitrogen and oxygen atoms in total. The van der Waals surface area contributed by atoms with Gasteiger partial charge in [-0.15, -0.1) is 12.4 Å². The first-order valence-corrected chi connectivity index (χ1v) is 6.76. The highest BCUT2D eigenvalue weighted by molar-refractivity contribution is 5.85. The van der Waals surface area contributed by atoms with Gasteiger partial charge < -0.3 is 15.0 Å². The van der Waals surface area contributed by atoms with Gasteiger partial charge in [0.2, 0.25) is 0 Å². The highest BCUT2D eigenvalue weighted by Gasteiger charge is 2.37. The van der Waals surface area contributed by atoms with E-state index in [-0.39, 0.29) is 24.4 Å². The predicted molar refractivity (Wildman–Crippen MR) is 74.1 cm³/mol. The molecular formula is C13H25ClN2O2. The van der Waals surface area contributed by atoms with Gasteiger partial charge >= 0.3 is 0 Å². The second-order valence-corrected chi connectivity index (χ2v) is 5.31. The molecule has 5 heteroatoms. The van der Waals surface area contributed by atoms with Crippen LogP contribution in [-0.2, 0) is 9.53 Å². The lowest BCUT2D eigenvalue weighted by Crippen LogP contribution is -2.50. The molecule has 2 aliphatic rings. The van der Waals surface area contributed by atoms with Crippen molar-refractivity contribution in [2.75, 3.05) is 13.7 Å². The summed E-state index contributed by atoms with van der Waals surface area (Å²) in [5.74, 6) is 0.123. The van der Waals surface area contributed by atoms with Crippen LogP contribution in [-0.4, -0.2) is 48.7 Å². The minimum atomic E-state index is -0.308. The topological polar surface area (TPSA) is 41.6 Å².